The molecule has 2 atom stereocenters. The van der Waals surface area contributed by atoms with Crippen molar-refractivity contribution in [2.24, 2.45) is 11.8 Å². The van der Waals surface area contributed by atoms with Crippen LogP contribution in [-0.4, -0.2) is 59.3 Å². The number of allylic oxidation sites excluding steroid dienone is 2. The number of unbranched alkanes of at least 4 members (excludes halogenated alkanes) is 12. The number of carboxylic acids is 1. The summed E-state index contributed by atoms with van der Waals surface area (Å²) in [4.78, 5) is 48.1. The van der Waals surface area contributed by atoms with E-state index in [1.165, 1.54) is 70.6 Å². The Morgan fingerprint density at radius 3 is 1.67 bits per heavy atom. The molecule has 0 fully saturated rings. The molecule has 45 heavy (non-hydrogen) atoms. The molecule has 0 aromatic heterocycles. The number of amides is 2. The second-order valence-electron chi connectivity index (χ2n) is 13.3. The Labute approximate surface area is 273 Å². The van der Waals surface area contributed by atoms with E-state index < -0.39 is 43.1 Å². The zero-order chi connectivity index (χ0) is 33.7. The van der Waals surface area contributed by atoms with Gasteiger partial charge in [-0.15, -0.1) is 0 Å². The first-order chi connectivity index (χ1) is 21.5. The maximum absolute atomic E-state index is 12.6. The second-order valence-corrected chi connectivity index (χ2v) is 13.3. The minimum atomic E-state index is -1.43. The summed E-state index contributed by atoms with van der Waals surface area (Å²) in [5, 5.41) is 22.6. The summed E-state index contributed by atoms with van der Waals surface area (Å²) in [6, 6.07) is -1.43. The molecule has 262 valence electrons. The molecule has 0 aliphatic rings. The van der Waals surface area contributed by atoms with E-state index in [0.717, 1.165) is 43.9 Å². The van der Waals surface area contributed by atoms with Crippen molar-refractivity contribution in [3.8, 4) is 0 Å². The second kappa shape index (κ2) is 29.0. The number of carboxylic acid groups (broad SMARTS) is 1. The first-order valence-corrected chi connectivity index (χ1v) is 17.8. The van der Waals surface area contributed by atoms with Gasteiger partial charge in [0.15, 0.2) is 0 Å². The Morgan fingerprint density at radius 2 is 1.16 bits per heavy atom. The summed E-state index contributed by atoms with van der Waals surface area (Å²) in [7, 11) is 0. The Balaban J connectivity index is 4.51. The molecule has 0 aliphatic heterocycles. The van der Waals surface area contributed by atoms with E-state index in [4.69, 9.17) is 14.9 Å². The van der Waals surface area contributed by atoms with Crippen molar-refractivity contribution in [1.29, 1.82) is 0 Å². The molecular formula is C36H66N2O7. The summed E-state index contributed by atoms with van der Waals surface area (Å²) in [5.41, 5.74) is 0. The summed E-state index contributed by atoms with van der Waals surface area (Å²) in [6.45, 7) is 7.87. The lowest BCUT2D eigenvalue weighted by Gasteiger charge is -2.18. The van der Waals surface area contributed by atoms with Gasteiger partial charge in [-0.3, -0.25) is 14.4 Å². The maximum Gasteiger partial charge on any atom is 0.328 e. The molecule has 0 spiro atoms. The molecule has 2 amide bonds. The topological polar surface area (TPSA) is 142 Å². The number of rotatable bonds is 30. The van der Waals surface area contributed by atoms with Crippen molar-refractivity contribution >= 4 is 23.8 Å². The average molecular weight is 639 g/mol. The Hall–Kier alpha value is -2.42. The molecule has 0 aromatic rings. The molecule has 0 rings (SSSR count). The highest BCUT2D eigenvalue weighted by molar-refractivity contribution is 5.88. The van der Waals surface area contributed by atoms with Crippen LogP contribution in [0.2, 0.25) is 0 Å². The molecule has 0 bridgehead atoms. The van der Waals surface area contributed by atoms with Crippen molar-refractivity contribution in [3.63, 3.8) is 0 Å². The number of hydrogen-bond acceptors (Lipinski definition) is 6. The minimum absolute atomic E-state index is 0.0652. The lowest BCUT2D eigenvalue weighted by molar-refractivity contribution is -0.150. The van der Waals surface area contributed by atoms with Crippen LogP contribution >= 0.6 is 0 Å². The highest BCUT2D eigenvalue weighted by Crippen LogP contribution is 2.16. The third kappa shape index (κ3) is 28.8. The lowest BCUT2D eigenvalue weighted by Crippen LogP contribution is -2.47. The third-order valence-corrected chi connectivity index (χ3v) is 7.86. The zero-order valence-electron chi connectivity index (χ0n) is 29.0. The third-order valence-electron chi connectivity index (χ3n) is 7.86. The highest BCUT2D eigenvalue weighted by Gasteiger charge is 2.21. The monoisotopic (exact) mass is 638 g/mol. The van der Waals surface area contributed by atoms with Gasteiger partial charge in [0, 0.05) is 6.42 Å². The van der Waals surface area contributed by atoms with E-state index in [1.807, 2.05) is 6.08 Å². The fraction of sp³-hybridized carbons (Fsp3) is 0.833. The molecule has 0 radical (unpaired) electrons. The largest absolute Gasteiger partial charge is 0.480 e. The number of carbonyl (C=O) groups excluding carboxylic acids is 3. The van der Waals surface area contributed by atoms with Gasteiger partial charge in [-0.05, 0) is 43.9 Å². The van der Waals surface area contributed by atoms with Gasteiger partial charge < -0.3 is 25.6 Å². The summed E-state index contributed by atoms with van der Waals surface area (Å²) < 4.78 is 5.69. The summed E-state index contributed by atoms with van der Waals surface area (Å²) in [6.07, 6.45) is 24.0. The van der Waals surface area contributed by atoms with Crippen LogP contribution in [0.15, 0.2) is 12.2 Å². The Morgan fingerprint density at radius 1 is 0.667 bits per heavy atom. The number of ether oxygens (including phenoxy) is 1. The average Bonchev–Trinajstić information content (AvgIpc) is 2.97. The van der Waals surface area contributed by atoms with Crippen LogP contribution in [0.4, 0.5) is 0 Å². The molecule has 0 heterocycles. The van der Waals surface area contributed by atoms with Gasteiger partial charge in [-0.25, -0.2) is 4.79 Å². The van der Waals surface area contributed by atoms with Gasteiger partial charge in [0.05, 0.1) is 19.6 Å². The molecule has 0 aromatic carbocycles. The van der Waals surface area contributed by atoms with E-state index in [1.54, 1.807) is 0 Å². The van der Waals surface area contributed by atoms with Crippen LogP contribution in [0.3, 0.4) is 0 Å². The zero-order valence-corrected chi connectivity index (χ0v) is 29.0. The van der Waals surface area contributed by atoms with E-state index in [9.17, 15) is 19.2 Å². The SMILES string of the molecule is CC(C)CCCCCCCC=CCCC(=O)O[C@H](CCCCCCCCCCC(C)C)CC(=O)NCC(=O)N[C@@H](CO)C(=O)O. The normalized spacial score (nSPS) is 12.9. The number of aliphatic carboxylic acids is 1. The lowest BCUT2D eigenvalue weighted by atomic mass is 10.0. The van der Waals surface area contributed by atoms with Crippen LogP contribution in [0.5, 0.6) is 0 Å². The fourth-order valence-corrected chi connectivity index (χ4v) is 5.10. The number of esters is 1. The van der Waals surface area contributed by atoms with Crippen LogP contribution in [0.25, 0.3) is 0 Å². The predicted molar refractivity (Wildman–Crippen MR) is 181 cm³/mol. The van der Waals surface area contributed by atoms with E-state index in [2.05, 4.69) is 44.4 Å². The van der Waals surface area contributed by atoms with Crippen molar-refractivity contribution < 1.29 is 34.1 Å². The predicted octanol–water partition coefficient (Wildman–Crippen LogP) is 7.25. The van der Waals surface area contributed by atoms with Gasteiger partial charge in [-0.2, -0.15) is 0 Å². The number of hydrogen-bond donors (Lipinski definition) is 4. The maximum atomic E-state index is 12.6. The molecule has 0 unspecified atom stereocenters. The number of aliphatic hydroxyl groups is 1. The van der Waals surface area contributed by atoms with E-state index in [0.29, 0.717) is 12.8 Å². The molecule has 0 aliphatic carbocycles. The number of nitrogens with one attached hydrogen (secondary N) is 2. The van der Waals surface area contributed by atoms with Gasteiger partial charge >= 0.3 is 11.9 Å². The molecular weight excluding hydrogens is 572 g/mol. The smallest absolute Gasteiger partial charge is 0.328 e. The minimum Gasteiger partial charge on any atom is -0.480 e. The number of carbonyl (C=O) groups is 4. The van der Waals surface area contributed by atoms with Gasteiger partial charge in [0.1, 0.15) is 12.1 Å². The molecule has 0 saturated heterocycles. The van der Waals surface area contributed by atoms with Crippen LogP contribution in [-0.2, 0) is 23.9 Å². The molecule has 4 N–H and O–H groups in total. The van der Waals surface area contributed by atoms with Gasteiger partial charge in [0.25, 0.3) is 0 Å². The quantitative estimate of drug-likeness (QED) is 0.0369. The van der Waals surface area contributed by atoms with Crippen LogP contribution in [0, 0.1) is 11.8 Å². The van der Waals surface area contributed by atoms with Crippen molar-refractivity contribution in [2.75, 3.05) is 13.2 Å². The molecule has 0 saturated carbocycles. The first-order valence-electron chi connectivity index (χ1n) is 17.8. The standard InChI is InChI=1S/C36H66N2O7/c1-29(2)22-18-14-10-6-5-7-13-17-21-25-35(42)45-31(24-20-16-12-9-8-11-15-19-23-30(3)4)26-33(40)37-27-34(41)38-32(28-39)36(43)44/h13,17,29-32,39H,5-12,14-16,18-28H2,1-4H3,(H,37,40)(H,38,41)(H,43,44)/t31-,32+/m1/s1. The first kappa shape index (κ1) is 42.6. The fourth-order valence-electron chi connectivity index (χ4n) is 5.10. The van der Waals surface area contributed by atoms with Crippen molar-refractivity contribution in [2.45, 2.75) is 168 Å². The van der Waals surface area contributed by atoms with Crippen molar-refractivity contribution in [3.05, 3.63) is 12.2 Å². The van der Waals surface area contributed by atoms with Gasteiger partial charge in [-0.1, -0.05) is 123 Å². The van der Waals surface area contributed by atoms with Crippen LogP contribution in [0.1, 0.15) is 156 Å². The van der Waals surface area contributed by atoms with Gasteiger partial charge in [0.2, 0.25) is 11.8 Å². The summed E-state index contributed by atoms with van der Waals surface area (Å²) >= 11 is 0. The number of aliphatic hydroxyl groups excluding tert-OH is 1. The Bertz CT molecular complexity index is 813. The molecule has 9 heteroatoms. The summed E-state index contributed by atoms with van der Waals surface area (Å²) in [5.74, 6) is -1.33. The van der Waals surface area contributed by atoms with Crippen LogP contribution < -0.4 is 10.6 Å². The molecule has 9 nitrogen and oxygen atoms in total. The van der Waals surface area contributed by atoms with E-state index >= 15 is 0 Å². The Kier molecular flexibility index (Phi) is 27.5. The highest BCUT2D eigenvalue weighted by atomic mass is 16.5. The van der Waals surface area contributed by atoms with E-state index in [-0.39, 0.29) is 18.8 Å². The van der Waals surface area contributed by atoms with Crippen molar-refractivity contribution in [1.82, 2.24) is 10.6 Å².